The van der Waals surface area contributed by atoms with Crippen LogP contribution >= 0.6 is 0 Å². The van der Waals surface area contributed by atoms with Crippen LogP contribution in [-0.2, 0) is 23.0 Å². The van der Waals surface area contributed by atoms with Gasteiger partial charge in [0.1, 0.15) is 23.6 Å². The molecular weight excluding hydrogens is 572 g/mol. The predicted molar refractivity (Wildman–Crippen MR) is 151 cm³/mol. The Morgan fingerprint density at radius 2 is 1.84 bits per heavy atom. The number of morpholine rings is 1. The van der Waals surface area contributed by atoms with Gasteiger partial charge in [0, 0.05) is 37.0 Å². The molecule has 0 unspecified atom stereocenters. The first kappa shape index (κ1) is 31.7. The van der Waals surface area contributed by atoms with Gasteiger partial charge in [-0.05, 0) is 56.5 Å². The summed E-state index contributed by atoms with van der Waals surface area (Å²) < 4.78 is 62.3. The lowest BCUT2D eigenvalue weighted by atomic mass is 9.98. The minimum atomic E-state index is -4.61. The number of amides is 1. The Hall–Kier alpha value is -4.26. The van der Waals surface area contributed by atoms with Gasteiger partial charge in [0.15, 0.2) is 0 Å². The molecule has 1 aliphatic heterocycles. The van der Waals surface area contributed by atoms with Gasteiger partial charge in [0.2, 0.25) is 0 Å². The molecule has 2 heterocycles. The molecule has 13 heteroatoms. The quantitative estimate of drug-likeness (QED) is 0.392. The predicted octanol–water partition coefficient (Wildman–Crippen LogP) is 4.01. The summed E-state index contributed by atoms with van der Waals surface area (Å²) in [6.45, 7) is 6.00. The average Bonchev–Trinajstić information content (AvgIpc) is 2.93. The summed E-state index contributed by atoms with van der Waals surface area (Å²) >= 11 is 0. The van der Waals surface area contributed by atoms with Crippen molar-refractivity contribution in [3.63, 3.8) is 0 Å². The number of halogens is 4. The van der Waals surface area contributed by atoms with Gasteiger partial charge in [-0.25, -0.2) is 14.2 Å². The molecule has 0 bridgehead atoms. The van der Waals surface area contributed by atoms with E-state index in [-0.39, 0.29) is 42.1 Å². The maximum Gasteiger partial charge on any atom is 0.411 e. The molecular formula is C30H32F4N4O5. The number of anilines is 1. The van der Waals surface area contributed by atoms with Gasteiger partial charge in [0.25, 0.3) is 11.5 Å². The maximum atomic E-state index is 15.2. The molecule has 2 N–H and O–H groups in total. The van der Waals surface area contributed by atoms with Gasteiger partial charge in [-0.15, -0.1) is 0 Å². The number of aryl methyl sites for hydroxylation is 3. The van der Waals surface area contributed by atoms with Crippen LogP contribution < -0.4 is 15.8 Å². The van der Waals surface area contributed by atoms with Crippen molar-refractivity contribution >= 4 is 17.6 Å². The highest BCUT2D eigenvalue weighted by Gasteiger charge is 2.45. The van der Waals surface area contributed by atoms with Crippen molar-refractivity contribution in [2.45, 2.75) is 52.4 Å². The number of ether oxygens (including phenoxy) is 1. The molecule has 9 nitrogen and oxygen atoms in total. The molecule has 0 aliphatic carbocycles. The van der Waals surface area contributed by atoms with Crippen LogP contribution in [-0.4, -0.2) is 64.6 Å². The second-order valence-electron chi connectivity index (χ2n) is 10.7. The van der Waals surface area contributed by atoms with Crippen LogP contribution in [0.5, 0.6) is 0 Å². The zero-order chi connectivity index (χ0) is 31.8. The number of carbonyl (C=O) groups excluding carboxylic acids is 1. The number of hydrogen-bond acceptors (Lipinski definition) is 6. The van der Waals surface area contributed by atoms with Gasteiger partial charge in [0.05, 0.1) is 24.5 Å². The van der Waals surface area contributed by atoms with Crippen molar-refractivity contribution in [1.29, 1.82) is 0 Å². The van der Waals surface area contributed by atoms with E-state index in [0.717, 1.165) is 16.7 Å². The second kappa shape index (κ2) is 12.2. The van der Waals surface area contributed by atoms with Crippen LogP contribution in [0.2, 0.25) is 0 Å². The van der Waals surface area contributed by atoms with Crippen LogP contribution in [0.15, 0.2) is 35.1 Å². The monoisotopic (exact) mass is 604 g/mol. The van der Waals surface area contributed by atoms with Crippen LogP contribution in [0.1, 0.15) is 38.4 Å². The Labute approximate surface area is 245 Å². The molecule has 230 valence electrons. The van der Waals surface area contributed by atoms with Crippen LogP contribution in [0.3, 0.4) is 0 Å². The molecule has 1 aromatic heterocycles. The number of benzene rings is 2. The van der Waals surface area contributed by atoms with Gasteiger partial charge in [-0.3, -0.25) is 9.59 Å². The lowest BCUT2D eigenvalue weighted by Crippen LogP contribution is -2.53. The lowest BCUT2D eigenvalue weighted by Gasteiger charge is -2.38. The summed E-state index contributed by atoms with van der Waals surface area (Å²) in [6, 6.07) is 3.67. The minimum absolute atomic E-state index is 0.0219. The Morgan fingerprint density at radius 3 is 2.44 bits per heavy atom. The molecule has 1 aliphatic rings. The van der Waals surface area contributed by atoms with E-state index < -0.39 is 48.1 Å². The van der Waals surface area contributed by atoms with E-state index in [1.54, 1.807) is 46.0 Å². The minimum Gasteiger partial charge on any atom is -0.480 e. The molecule has 0 spiro atoms. The standard InChI is InChI=1S/C30H32F4N4O5/c1-15-10-19(6-7-21(15)26-28(40)37(5)18(4)17(3)35-26)12-23(29(41)42)36-27(39)25-16(2)11-20(13-22(25)31)38-8-9-43-14-24(38)30(32,33)34/h6-7,10-11,13,23-24H,8-9,12,14H2,1-5H3,(H,36,39)(H,41,42)/t23-,24+/m0/s1. The van der Waals surface area contributed by atoms with Crippen LogP contribution in [0.4, 0.5) is 23.2 Å². The SMILES string of the molecule is Cc1cc(C[C@H](NC(=O)c2c(C)cc(N3CCOC[C@@H]3C(F)(F)F)cc2F)C(=O)O)ccc1-c1nc(C)c(C)n(C)c1=O. The van der Waals surface area contributed by atoms with Crippen LogP contribution in [0, 0.1) is 33.5 Å². The third-order valence-corrected chi connectivity index (χ3v) is 7.74. The third kappa shape index (κ3) is 6.56. The normalized spacial score (nSPS) is 16.2. The van der Waals surface area contributed by atoms with Crippen molar-refractivity contribution in [2.24, 2.45) is 7.05 Å². The van der Waals surface area contributed by atoms with E-state index in [2.05, 4.69) is 10.3 Å². The first-order chi connectivity index (χ1) is 20.1. The summed E-state index contributed by atoms with van der Waals surface area (Å²) in [6.07, 6.45) is -4.77. The fourth-order valence-corrected chi connectivity index (χ4v) is 5.17. The fourth-order valence-electron chi connectivity index (χ4n) is 5.17. The first-order valence-electron chi connectivity index (χ1n) is 13.5. The van der Waals surface area contributed by atoms with Crippen molar-refractivity contribution < 1.29 is 37.0 Å². The number of aliphatic carboxylic acids is 1. The van der Waals surface area contributed by atoms with E-state index in [1.165, 1.54) is 17.6 Å². The van der Waals surface area contributed by atoms with Gasteiger partial charge in [-0.1, -0.05) is 18.2 Å². The number of hydrogen-bond donors (Lipinski definition) is 2. The number of aromatic nitrogens is 2. The van der Waals surface area contributed by atoms with E-state index in [9.17, 15) is 32.7 Å². The average molecular weight is 605 g/mol. The Balaban J connectivity index is 1.56. The zero-order valence-corrected chi connectivity index (χ0v) is 24.3. The molecule has 1 fully saturated rings. The molecule has 1 saturated heterocycles. The summed E-state index contributed by atoms with van der Waals surface area (Å²) in [5.74, 6) is -3.46. The molecule has 0 saturated carbocycles. The van der Waals surface area contributed by atoms with E-state index in [0.29, 0.717) is 22.4 Å². The molecule has 1 amide bonds. The Kier molecular flexibility index (Phi) is 8.95. The summed E-state index contributed by atoms with van der Waals surface area (Å²) in [4.78, 5) is 43.4. The highest BCUT2D eigenvalue weighted by atomic mass is 19.4. The topological polar surface area (TPSA) is 114 Å². The summed E-state index contributed by atoms with van der Waals surface area (Å²) in [7, 11) is 1.65. The Bertz CT molecular complexity index is 1610. The van der Waals surface area contributed by atoms with Crippen LogP contribution in [0.25, 0.3) is 11.3 Å². The Morgan fingerprint density at radius 1 is 1.14 bits per heavy atom. The maximum absolute atomic E-state index is 15.2. The van der Waals surface area contributed by atoms with E-state index >= 15 is 4.39 Å². The van der Waals surface area contributed by atoms with E-state index in [4.69, 9.17) is 4.74 Å². The fraction of sp³-hybridized carbons (Fsp3) is 0.400. The number of carboxylic acids is 1. The van der Waals surface area contributed by atoms with Gasteiger partial charge >= 0.3 is 12.1 Å². The van der Waals surface area contributed by atoms with Crippen molar-refractivity contribution in [3.05, 3.63) is 80.1 Å². The van der Waals surface area contributed by atoms with Crippen molar-refractivity contribution in [3.8, 4) is 11.3 Å². The van der Waals surface area contributed by atoms with Gasteiger partial charge < -0.3 is 24.6 Å². The first-order valence-corrected chi connectivity index (χ1v) is 13.5. The number of rotatable bonds is 7. The summed E-state index contributed by atoms with van der Waals surface area (Å²) in [5, 5.41) is 12.2. The van der Waals surface area contributed by atoms with Gasteiger partial charge in [-0.2, -0.15) is 13.2 Å². The summed E-state index contributed by atoms with van der Waals surface area (Å²) in [5.41, 5.74) is 2.70. The largest absolute Gasteiger partial charge is 0.480 e. The van der Waals surface area contributed by atoms with Crippen molar-refractivity contribution in [1.82, 2.24) is 14.9 Å². The number of nitrogens with one attached hydrogen (secondary N) is 1. The molecule has 2 aromatic carbocycles. The third-order valence-electron chi connectivity index (χ3n) is 7.74. The molecule has 43 heavy (non-hydrogen) atoms. The molecule has 4 rings (SSSR count). The molecule has 3 aromatic rings. The highest BCUT2D eigenvalue weighted by Crippen LogP contribution is 2.33. The zero-order valence-electron chi connectivity index (χ0n) is 24.3. The number of carboxylic acid groups (broad SMARTS) is 1. The van der Waals surface area contributed by atoms with Crippen molar-refractivity contribution in [2.75, 3.05) is 24.7 Å². The molecule has 2 atom stereocenters. The van der Waals surface area contributed by atoms with E-state index in [1.807, 2.05) is 0 Å². The number of nitrogens with zero attached hydrogens (tertiary/aromatic N) is 3. The number of alkyl halides is 3. The smallest absolute Gasteiger partial charge is 0.411 e. The number of carbonyl (C=O) groups is 2. The lowest BCUT2D eigenvalue weighted by molar-refractivity contribution is -0.167. The highest BCUT2D eigenvalue weighted by molar-refractivity contribution is 5.98. The second-order valence-corrected chi connectivity index (χ2v) is 10.7. The molecule has 0 radical (unpaired) electrons.